The number of methoxy groups -OCH3 is 2. The van der Waals surface area contributed by atoms with Gasteiger partial charge in [-0.2, -0.15) is 5.10 Å². The Morgan fingerprint density at radius 2 is 2.04 bits per heavy atom. The van der Waals surface area contributed by atoms with Crippen LogP contribution in [-0.4, -0.2) is 37.0 Å². The average molecular weight is 345 g/mol. The van der Waals surface area contributed by atoms with Gasteiger partial charge in [0.1, 0.15) is 11.9 Å². The predicted molar refractivity (Wildman–Crippen MR) is 95.2 cm³/mol. The van der Waals surface area contributed by atoms with Crippen molar-refractivity contribution in [2.45, 2.75) is 19.3 Å². The molecule has 1 unspecified atom stereocenters. The van der Waals surface area contributed by atoms with Gasteiger partial charge in [-0.1, -0.05) is 30.0 Å². The summed E-state index contributed by atoms with van der Waals surface area (Å²) in [6, 6.07) is 8.14. The molecule has 7 heteroatoms. The highest BCUT2D eigenvalue weighted by Crippen LogP contribution is 2.46. The number of fused-ring (bicyclic) bond motifs is 1. The van der Waals surface area contributed by atoms with Crippen molar-refractivity contribution in [1.29, 1.82) is 0 Å². The maximum atomic E-state index is 12.1. The number of ether oxygens (including phenoxy) is 2. The number of hydrogen-bond donors (Lipinski definition) is 0. The van der Waals surface area contributed by atoms with Crippen molar-refractivity contribution < 1.29 is 14.3 Å². The van der Waals surface area contributed by atoms with Gasteiger partial charge in [0.15, 0.2) is 5.50 Å². The summed E-state index contributed by atoms with van der Waals surface area (Å²) in [5.74, 6) is -0.425. The summed E-state index contributed by atoms with van der Waals surface area (Å²) in [7, 11) is 2.87. The predicted octanol–water partition coefficient (Wildman–Crippen LogP) is 3.03. The van der Waals surface area contributed by atoms with Gasteiger partial charge in [0.2, 0.25) is 0 Å². The van der Waals surface area contributed by atoms with Gasteiger partial charge >= 0.3 is 5.97 Å². The van der Waals surface area contributed by atoms with E-state index in [4.69, 9.17) is 9.47 Å². The van der Waals surface area contributed by atoms with Crippen molar-refractivity contribution in [3.05, 3.63) is 52.3 Å². The molecule has 0 aliphatic carbocycles. The maximum Gasteiger partial charge on any atom is 0.342 e. The molecule has 0 aromatic heterocycles. The number of esters is 1. The quantitative estimate of drug-likeness (QED) is 0.475. The summed E-state index contributed by atoms with van der Waals surface area (Å²) in [6.07, 6.45) is 3.24. The molecule has 1 atom stereocenters. The highest BCUT2D eigenvalue weighted by Gasteiger charge is 2.41. The van der Waals surface area contributed by atoms with E-state index in [9.17, 15) is 4.79 Å². The Morgan fingerprint density at radius 1 is 1.29 bits per heavy atom. The second-order valence-electron chi connectivity index (χ2n) is 5.39. The molecule has 2 aliphatic heterocycles. The van der Waals surface area contributed by atoms with Crippen molar-refractivity contribution in [3.8, 4) is 0 Å². The van der Waals surface area contributed by atoms with Crippen LogP contribution in [0.1, 0.15) is 12.5 Å². The molecule has 0 spiro atoms. The Labute approximate surface area is 145 Å². The molecule has 1 aromatic carbocycles. The first-order valence-corrected chi connectivity index (χ1v) is 8.33. The fraction of sp³-hybridized carbons (Fsp3) is 0.294. The van der Waals surface area contributed by atoms with E-state index in [0.29, 0.717) is 5.57 Å². The molecular formula is C17H19N3O3S. The zero-order valence-corrected chi connectivity index (χ0v) is 14.8. The molecule has 0 N–H and O–H groups in total. The number of nitrogens with zero attached hydrogens (tertiary/aromatic N) is 3. The SMILES string of the molecule is CO/C=C(\C(=O)OC)C1=C(C)N2N=CN(c3ccccc3C)C2S1. The lowest BCUT2D eigenvalue weighted by Gasteiger charge is -2.25. The first-order chi connectivity index (χ1) is 11.6. The Balaban J connectivity index is 1.93. The molecule has 1 aromatic rings. The van der Waals surface area contributed by atoms with Crippen LogP contribution in [0.5, 0.6) is 0 Å². The van der Waals surface area contributed by atoms with Gasteiger partial charge in [0, 0.05) is 10.6 Å². The summed E-state index contributed by atoms with van der Waals surface area (Å²) in [5, 5.41) is 6.39. The van der Waals surface area contributed by atoms with Crippen LogP contribution in [-0.2, 0) is 14.3 Å². The van der Waals surface area contributed by atoms with Gasteiger partial charge in [-0.15, -0.1) is 0 Å². The highest BCUT2D eigenvalue weighted by molar-refractivity contribution is 8.04. The van der Waals surface area contributed by atoms with Crippen molar-refractivity contribution in [1.82, 2.24) is 5.01 Å². The molecule has 3 rings (SSSR count). The molecule has 0 amide bonds. The minimum absolute atomic E-state index is 0.0639. The number of hydrogen-bond acceptors (Lipinski definition) is 7. The first kappa shape index (κ1) is 16.4. The number of thioether (sulfide) groups is 1. The third-order valence-electron chi connectivity index (χ3n) is 3.92. The van der Waals surface area contributed by atoms with E-state index >= 15 is 0 Å². The average Bonchev–Trinajstić information content (AvgIpc) is 3.13. The Morgan fingerprint density at radius 3 is 2.71 bits per heavy atom. The zero-order valence-electron chi connectivity index (χ0n) is 14.0. The smallest absolute Gasteiger partial charge is 0.342 e. The molecule has 0 bridgehead atoms. The van der Waals surface area contributed by atoms with E-state index in [1.165, 1.54) is 20.5 Å². The highest BCUT2D eigenvalue weighted by atomic mass is 32.2. The van der Waals surface area contributed by atoms with Crippen LogP contribution in [0.3, 0.4) is 0 Å². The van der Waals surface area contributed by atoms with Gasteiger partial charge in [-0.3, -0.25) is 4.90 Å². The lowest BCUT2D eigenvalue weighted by molar-refractivity contribution is -0.135. The van der Waals surface area contributed by atoms with Crippen molar-refractivity contribution in [2.24, 2.45) is 5.10 Å². The van der Waals surface area contributed by atoms with Gasteiger partial charge in [-0.25, -0.2) is 9.80 Å². The minimum Gasteiger partial charge on any atom is -0.503 e. The van der Waals surface area contributed by atoms with Crippen LogP contribution in [0.15, 0.2) is 51.8 Å². The second-order valence-corrected chi connectivity index (χ2v) is 6.45. The van der Waals surface area contributed by atoms with E-state index in [-0.39, 0.29) is 5.50 Å². The zero-order chi connectivity index (χ0) is 17.3. The topological polar surface area (TPSA) is 54.4 Å². The normalized spacial score (nSPS) is 19.8. The third-order valence-corrected chi connectivity index (χ3v) is 5.31. The molecule has 0 saturated heterocycles. The van der Waals surface area contributed by atoms with Gasteiger partial charge < -0.3 is 9.47 Å². The van der Waals surface area contributed by atoms with Gasteiger partial charge in [-0.05, 0) is 25.5 Å². The van der Waals surface area contributed by atoms with Crippen molar-refractivity contribution in [3.63, 3.8) is 0 Å². The molecule has 0 saturated carbocycles. The lowest BCUT2D eigenvalue weighted by atomic mass is 10.2. The summed E-state index contributed by atoms with van der Waals surface area (Å²) < 4.78 is 9.93. The summed E-state index contributed by atoms with van der Waals surface area (Å²) in [4.78, 5) is 15.0. The van der Waals surface area contributed by atoms with E-state index < -0.39 is 5.97 Å². The fourth-order valence-electron chi connectivity index (χ4n) is 2.71. The molecule has 2 aliphatic rings. The standard InChI is InChI=1S/C17H19N3O3S/c1-11-7-5-6-8-14(11)19-10-18-20-12(2)15(24-17(19)20)13(9-22-3)16(21)23-4/h5-10,17H,1-4H3/b13-9-. The van der Waals surface area contributed by atoms with Crippen LogP contribution < -0.4 is 4.90 Å². The number of anilines is 1. The van der Waals surface area contributed by atoms with Crippen LogP contribution in [0.25, 0.3) is 0 Å². The molecular weight excluding hydrogens is 326 g/mol. The second kappa shape index (κ2) is 6.60. The Bertz CT molecular complexity index is 757. The number of aryl methyl sites for hydroxylation is 1. The molecule has 0 fully saturated rings. The number of para-hydroxylation sites is 1. The van der Waals surface area contributed by atoms with Crippen LogP contribution in [0.2, 0.25) is 0 Å². The largest absolute Gasteiger partial charge is 0.503 e. The number of allylic oxidation sites excluding steroid dienone is 1. The summed E-state index contributed by atoms with van der Waals surface area (Å²) in [5.41, 5.74) is 3.48. The van der Waals surface area contributed by atoms with E-state index in [1.807, 2.05) is 30.4 Å². The van der Waals surface area contributed by atoms with Crippen molar-refractivity contribution in [2.75, 3.05) is 19.1 Å². The number of carbonyl (C=O) groups excluding carboxylic acids is 1. The van der Waals surface area contributed by atoms with E-state index in [0.717, 1.165) is 21.9 Å². The third kappa shape index (κ3) is 2.65. The molecule has 126 valence electrons. The van der Waals surface area contributed by atoms with Gasteiger partial charge in [0.05, 0.1) is 26.2 Å². The minimum atomic E-state index is -0.425. The molecule has 24 heavy (non-hydrogen) atoms. The van der Waals surface area contributed by atoms with Crippen LogP contribution in [0.4, 0.5) is 5.69 Å². The van der Waals surface area contributed by atoms with Crippen LogP contribution >= 0.6 is 11.8 Å². The molecule has 6 nitrogen and oxygen atoms in total. The van der Waals surface area contributed by atoms with E-state index in [1.54, 1.807) is 11.8 Å². The van der Waals surface area contributed by atoms with Gasteiger partial charge in [0.25, 0.3) is 0 Å². The Hall–Kier alpha value is -2.41. The van der Waals surface area contributed by atoms with E-state index in [2.05, 4.69) is 29.1 Å². The summed E-state index contributed by atoms with van der Waals surface area (Å²) in [6.45, 7) is 4.00. The van der Waals surface area contributed by atoms with Crippen molar-refractivity contribution >= 4 is 29.8 Å². The molecule has 0 radical (unpaired) electrons. The number of hydrazone groups is 1. The maximum absolute atomic E-state index is 12.1. The number of benzene rings is 1. The number of carbonyl (C=O) groups is 1. The summed E-state index contributed by atoms with van der Waals surface area (Å²) >= 11 is 1.55. The first-order valence-electron chi connectivity index (χ1n) is 7.45. The Kier molecular flexibility index (Phi) is 4.53. The lowest BCUT2D eigenvalue weighted by Crippen LogP contribution is -2.33. The fourth-order valence-corrected chi connectivity index (χ4v) is 4.04. The monoisotopic (exact) mass is 345 g/mol. The number of rotatable bonds is 4. The van der Waals surface area contributed by atoms with Crippen LogP contribution in [0, 0.1) is 6.92 Å². The molecule has 2 heterocycles.